The third kappa shape index (κ3) is 2.54. The van der Waals surface area contributed by atoms with Crippen molar-refractivity contribution in [3.63, 3.8) is 0 Å². The molecule has 0 atom stereocenters. The van der Waals surface area contributed by atoms with E-state index in [-0.39, 0.29) is 5.91 Å². The molecule has 0 N–H and O–H groups in total. The largest absolute Gasteiger partial charge is 0.457 e. The molecule has 4 saturated carbocycles. The van der Waals surface area contributed by atoms with E-state index in [2.05, 4.69) is 0 Å². The molecule has 1 amide bonds. The normalized spacial score (nSPS) is 36.5. The number of thioether (sulfide) groups is 1. The van der Waals surface area contributed by atoms with Crippen LogP contribution in [0, 0.1) is 23.7 Å². The predicted octanol–water partition coefficient (Wildman–Crippen LogP) is 5.46. The number of thiocarbonyl (C=S) groups is 1. The van der Waals surface area contributed by atoms with E-state index in [1.807, 2.05) is 41.3 Å². The van der Waals surface area contributed by atoms with Gasteiger partial charge in [0.15, 0.2) is 0 Å². The summed E-state index contributed by atoms with van der Waals surface area (Å²) in [6.07, 6.45) is 8.45. The van der Waals surface area contributed by atoms with Crippen molar-refractivity contribution < 1.29 is 9.21 Å². The van der Waals surface area contributed by atoms with Crippen LogP contribution in [0.25, 0.3) is 17.0 Å². The van der Waals surface area contributed by atoms with Gasteiger partial charge in [-0.1, -0.05) is 42.2 Å². The van der Waals surface area contributed by atoms with Gasteiger partial charge in [-0.25, -0.2) is 0 Å². The molecular weight excluding hydrogens is 374 g/mol. The zero-order valence-electron chi connectivity index (χ0n) is 15.0. The van der Waals surface area contributed by atoms with Gasteiger partial charge in [-0.05, 0) is 67.9 Å². The Hall–Kier alpha value is -1.59. The van der Waals surface area contributed by atoms with E-state index in [1.54, 1.807) is 0 Å². The van der Waals surface area contributed by atoms with Crippen LogP contribution in [0.3, 0.4) is 0 Å². The van der Waals surface area contributed by atoms with E-state index in [0.717, 1.165) is 32.9 Å². The number of hydrogen-bond donors (Lipinski definition) is 0. The van der Waals surface area contributed by atoms with Crippen molar-refractivity contribution in [1.82, 2.24) is 4.90 Å². The number of furan rings is 1. The summed E-state index contributed by atoms with van der Waals surface area (Å²) in [4.78, 5) is 15.9. The van der Waals surface area contributed by atoms with Crippen LogP contribution in [0.15, 0.2) is 39.7 Å². The first-order valence-electron chi connectivity index (χ1n) is 9.91. The number of rotatable bonds is 2. The Morgan fingerprint density at radius 1 is 1.07 bits per heavy atom. The number of benzene rings is 1. The summed E-state index contributed by atoms with van der Waals surface area (Å²) >= 11 is 7.11. The van der Waals surface area contributed by atoms with Crippen LogP contribution in [0.1, 0.15) is 37.9 Å². The monoisotopic (exact) mass is 395 g/mol. The molecule has 5 fully saturated rings. The van der Waals surface area contributed by atoms with Gasteiger partial charge in [0.25, 0.3) is 5.91 Å². The van der Waals surface area contributed by atoms with Gasteiger partial charge in [-0.15, -0.1) is 0 Å². The van der Waals surface area contributed by atoms with Gasteiger partial charge in [0.2, 0.25) is 0 Å². The average molecular weight is 396 g/mol. The molecular formula is C22H21NO2S2. The number of amides is 1. The Labute approximate surface area is 168 Å². The third-order valence-electron chi connectivity index (χ3n) is 7.02. The summed E-state index contributed by atoms with van der Waals surface area (Å²) in [7, 11) is 0. The fourth-order valence-corrected chi connectivity index (χ4v) is 7.58. The predicted molar refractivity (Wildman–Crippen MR) is 112 cm³/mol. The summed E-state index contributed by atoms with van der Waals surface area (Å²) in [5, 5.41) is 1.06. The van der Waals surface area contributed by atoms with E-state index in [1.165, 1.54) is 43.9 Å². The summed E-state index contributed by atoms with van der Waals surface area (Å²) in [6.45, 7) is 0. The Balaban J connectivity index is 1.31. The van der Waals surface area contributed by atoms with E-state index in [9.17, 15) is 4.79 Å². The van der Waals surface area contributed by atoms with Gasteiger partial charge in [-0.2, -0.15) is 0 Å². The standard InChI is InChI=1S/C22H21NO2S2/c24-21-19(11-17-10-14-3-1-2-4-18(14)25-17)27-22(26)23(21)20-15-6-12-5-13(8-15)9-16(20)7-12/h1-4,10-13,15-16,20H,5-9H2/b19-11-. The van der Waals surface area contributed by atoms with Gasteiger partial charge in [-0.3, -0.25) is 9.69 Å². The zero-order valence-corrected chi connectivity index (χ0v) is 16.6. The summed E-state index contributed by atoms with van der Waals surface area (Å²) in [6, 6.07) is 10.2. The lowest BCUT2D eigenvalue weighted by Crippen LogP contribution is -2.57. The molecule has 4 bridgehead atoms. The summed E-state index contributed by atoms with van der Waals surface area (Å²) in [5.41, 5.74) is 0.847. The van der Waals surface area contributed by atoms with Gasteiger partial charge >= 0.3 is 0 Å². The molecule has 1 saturated heterocycles. The van der Waals surface area contributed by atoms with Gasteiger partial charge in [0.05, 0.1) is 4.91 Å². The van der Waals surface area contributed by atoms with Crippen molar-refractivity contribution in [3.05, 3.63) is 41.0 Å². The summed E-state index contributed by atoms with van der Waals surface area (Å²) in [5.74, 6) is 3.90. The van der Waals surface area contributed by atoms with Gasteiger partial charge < -0.3 is 4.42 Å². The lowest BCUT2D eigenvalue weighted by Gasteiger charge is -2.56. The molecule has 1 aromatic heterocycles. The van der Waals surface area contributed by atoms with Crippen molar-refractivity contribution in [3.8, 4) is 0 Å². The van der Waals surface area contributed by atoms with Crippen LogP contribution < -0.4 is 0 Å². The minimum Gasteiger partial charge on any atom is -0.457 e. The highest BCUT2D eigenvalue weighted by Gasteiger charge is 2.53. The van der Waals surface area contributed by atoms with Crippen molar-refractivity contribution in [2.75, 3.05) is 0 Å². The molecule has 2 aromatic rings. The molecule has 27 heavy (non-hydrogen) atoms. The fourth-order valence-electron chi connectivity index (χ4n) is 6.26. The van der Waals surface area contributed by atoms with Gasteiger partial charge in [0.1, 0.15) is 15.7 Å². The molecule has 3 nitrogen and oxygen atoms in total. The van der Waals surface area contributed by atoms with Crippen LogP contribution in [0.5, 0.6) is 0 Å². The van der Waals surface area contributed by atoms with Crippen LogP contribution in [-0.4, -0.2) is 21.2 Å². The maximum absolute atomic E-state index is 13.3. The second kappa shape index (κ2) is 5.95. The first kappa shape index (κ1) is 16.4. The highest BCUT2D eigenvalue weighted by molar-refractivity contribution is 8.26. The molecule has 1 aromatic carbocycles. The average Bonchev–Trinajstić information content (AvgIpc) is 3.16. The smallest absolute Gasteiger partial charge is 0.266 e. The number of carbonyl (C=O) groups is 1. The Morgan fingerprint density at radius 2 is 1.78 bits per heavy atom. The minimum absolute atomic E-state index is 0.0860. The highest BCUT2D eigenvalue weighted by Crippen LogP contribution is 2.56. The number of carbonyl (C=O) groups excluding carboxylic acids is 1. The first-order chi connectivity index (χ1) is 13.2. The Morgan fingerprint density at radius 3 is 2.48 bits per heavy atom. The Kier molecular flexibility index (Phi) is 3.61. The third-order valence-corrected chi connectivity index (χ3v) is 8.35. The number of fused-ring (bicyclic) bond motifs is 1. The molecule has 7 rings (SSSR count). The number of hydrogen-bond acceptors (Lipinski definition) is 4. The molecule has 138 valence electrons. The number of nitrogens with zero attached hydrogens (tertiary/aromatic N) is 1. The maximum Gasteiger partial charge on any atom is 0.266 e. The van der Waals surface area contributed by atoms with Crippen molar-refractivity contribution in [2.45, 2.75) is 38.1 Å². The first-order valence-corrected chi connectivity index (χ1v) is 11.1. The van der Waals surface area contributed by atoms with Crippen LogP contribution in [0.2, 0.25) is 0 Å². The molecule has 0 spiro atoms. The van der Waals surface area contributed by atoms with Crippen LogP contribution in [0.4, 0.5) is 0 Å². The second-order valence-corrected chi connectivity index (χ2v) is 10.3. The summed E-state index contributed by atoms with van der Waals surface area (Å²) < 4.78 is 6.62. The molecule has 1 aliphatic heterocycles. The number of para-hydroxylation sites is 1. The SMILES string of the molecule is O=C1/C(=C/c2cc3ccccc3o2)SC(=S)N1C1C2CC3CC(C2)CC1C3. The van der Waals surface area contributed by atoms with Gasteiger partial charge in [0, 0.05) is 17.5 Å². The van der Waals surface area contributed by atoms with Crippen molar-refractivity contribution in [2.24, 2.45) is 23.7 Å². The fraction of sp³-hybridized carbons (Fsp3) is 0.455. The van der Waals surface area contributed by atoms with Crippen molar-refractivity contribution >= 4 is 51.3 Å². The van der Waals surface area contributed by atoms with E-state index in [0.29, 0.717) is 22.8 Å². The van der Waals surface area contributed by atoms with E-state index >= 15 is 0 Å². The van der Waals surface area contributed by atoms with Crippen LogP contribution in [-0.2, 0) is 4.79 Å². The molecule has 4 aliphatic carbocycles. The molecule has 0 unspecified atom stereocenters. The van der Waals surface area contributed by atoms with Crippen LogP contribution >= 0.6 is 24.0 Å². The minimum atomic E-state index is 0.0860. The molecule has 2 heterocycles. The topological polar surface area (TPSA) is 33.5 Å². The lowest BCUT2D eigenvalue weighted by atomic mass is 9.54. The molecule has 5 aliphatic rings. The molecule has 5 heteroatoms. The van der Waals surface area contributed by atoms with E-state index in [4.69, 9.17) is 16.6 Å². The quantitative estimate of drug-likeness (QED) is 0.499. The lowest BCUT2D eigenvalue weighted by molar-refractivity contribution is -0.130. The highest BCUT2D eigenvalue weighted by atomic mass is 32.2. The second-order valence-electron chi connectivity index (χ2n) is 8.66. The maximum atomic E-state index is 13.3. The zero-order chi connectivity index (χ0) is 18.1. The van der Waals surface area contributed by atoms with E-state index < -0.39 is 0 Å². The molecule has 0 radical (unpaired) electrons. The van der Waals surface area contributed by atoms with Crippen molar-refractivity contribution in [1.29, 1.82) is 0 Å². The Bertz CT molecular complexity index is 930.